The second kappa shape index (κ2) is 11.2. The maximum atomic E-state index is 16.0. The number of nitrogens with zero attached hydrogens (tertiary/aromatic N) is 7. The lowest BCUT2D eigenvalue weighted by Gasteiger charge is -2.39. The van der Waals surface area contributed by atoms with E-state index in [2.05, 4.69) is 0 Å². The molecule has 0 saturated carbocycles. The summed E-state index contributed by atoms with van der Waals surface area (Å²) in [6.45, 7) is 6.61. The van der Waals surface area contributed by atoms with Gasteiger partial charge in [-0.25, -0.2) is 8.78 Å². The largest absolute Gasteiger partial charge is 0.378 e. The Morgan fingerprint density at radius 3 is 1.41 bits per heavy atom. The van der Waals surface area contributed by atoms with Gasteiger partial charge in [0.25, 0.3) is 0 Å². The SMILES string of the molecule is Fc1ccccc1N1CCN(c2nc(N3CCOCC3)c(F)c(N3CCN(c4ccccc4F)CC3)n2)CC1. The van der Waals surface area contributed by atoms with Gasteiger partial charge in [-0.05, 0) is 24.3 Å². The Bertz CT molecular complexity index is 1290. The Morgan fingerprint density at radius 1 is 0.513 bits per heavy atom. The average molecular weight is 540 g/mol. The molecule has 0 amide bonds. The third kappa shape index (κ3) is 5.27. The molecule has 0 bridgehead atoms. The van der Waals surface area contributed by atoms with Crippen molar-refractivity contribution in [3.63, 3.8) is 0 Å². The first-order valence-electron chi connectivity index (χ1n) is 13.5. The molecular weight excluding hydrogens is 507 g/mol. The van der Waals surface area contributed by atoms with Crippen molar-refractivity contribution in [2.45, 2.75) is 0 Å². The Morgan fingerprint density at radius 2 is 0.923 bits per heavy atom. The van der Waals surface area contributed by atoms with Gasteiger partial charge in [-0.1, -0.05) is 24.3 Å². The van der Waals surface area contributed by atoms with Crippen LogP contribution >= 0.6 is 0 Å². The summed E-state index contributed by atoms with van der Waals surface area (Å²) in [5.41, 5.74) is 1.14. The van der Waals surface area contributed by atoms with E-state index >= 15 is 4.39 Å². The van der Waals surface area contributed by atoms with Crippen molar-refractivity contribution >= 4 is 29.0 Å². The summed E-state index contributed by atoms with van der Waals surface area (Å²) in [5, 5.41) is 0. The highest BCUT2D eigenvalue weighted by Gasteiger charge is 2.30. The Kier molecular flexibility index (Phi) is 7.32. The molecule has 11 heteroatoms. The summed E-state index contributed by atoms with van der Waals surface area (Å²) in [5.74, 6) is 0.0844. The second-order valence-electron chi connectivity index (χ2n) is 9.94. The van der Waals surface area contributed by atoms with E-state index in [1.807, 2.05) is 36.6 Å². The number of aromatic nitrogens is 2. The van der Waals surface area contributed by atoms with Gasteiger partial charge in [0.2, 0.25) is 11.8 Å². The number of rotatable bonds is 5. The molecule has 0 N–H and O–H groups in total. The van der Waals surface area contributed by atoms with Crippen LogP contribution in [0.1, 0.15) is 0 Å². The van der Waals surface area contributed by atoms with Crippen LogP contribution in [0.5, 0.6) is 0 Å². The van der Waals surface area contributed by atoms with Gasteiger partial charge in [0, 0.05) is 65.4 Å². The second-order valence-corrected chi connectivity index (χ2v) is 9.94. The molecule has 0 radical (unpaired) electrons. The van der Waals surface area contributed by atoms with Crippen LogP contribution in [0.4, 0.5) is 42.1 Å². The Hall–Kier alpha value is -3.73. The minimum atomic E-state index is -0.440. The molecule has 0 aliphatic carbocycles. The van der Waals surface area contributed by atoms with Gasteiger partial charge in [0.15, 0.2) is 11.6 Å². The van der Waals surface area contributed by atoms with E-state index in [0.29, 0.717) is 96.0 Å². The lowest BCUT2D eigenvalue weighted by atomic mass is 10.2. The number of anilines is 5. The van der Waals surface area contributed by atoms with Crippen molar-refractivity contribution in [1.29, 1.82) is 0 Å². The number of para-hydroxylation sites is 2. The molecule has 4 heterocycles. The van der Waals surface area contributed by atoms with Gasteiger partial charge in [0.05, 0.1) is 24.6 Å². The zero-order valence-corrected chi connectivity index (χ0v) is 21.8. The molecule has 3 saturated heterocycles. The molecule has 3 fully saturated rings. The zero-order chi connectivity index (χ0) is 26.8. The summed E-state index contributed by atoms with van der Waals surface area (Å²) in [6.07, 6.45) is 0. The number of halogens is 3. The number of hydrogen-bond donors (Lipinski definition) is 0. The van der Waals surface area contributed by atoms with Crippen molar-refractivity contribution in [3.8, 4) is 0 Å². The molecule has 0 spiro atoms. The first-order chi connectivity index (χ1) is 19.1. The molecule has 8 nitrogen and oxygen atoms in total. The molecule has 2 aromatic carbocycles. The van der Waals surface area contributed by atoms with E-state index in [1.165, 1.54) is 12.1 Å². The van der Waals surface area contributed by atoms with E-state index in [9.17, 15) is 8.78 Å². The van der Waals surface area contributed by atoms with Gasteiger partial charge in [-0.2, -0.15) is 14.4 Å². The quantitative estimate of drug-likeness (QED) is 0.489. The van der Waals surface area contributed by atoms with E-state index in [1.54, 1.807) is 24.3 Å². The Labute approximate surface area is 226 Å². The van der Waals surface area contributed by atoms with Crippen LogP contribution in [0.15, 0.2) is 48.5 Å². The number of morpholine rings is 1. The summed E-state index contributed by atoms with van der Waals surface area (Å²) in [6, 6.07) is 13.5. The summed E-state index contributed by atoms with van der Waals surface area (Å²) in [7, 11) is 0. The smallest absolute Gasteiger partial charge is 0.229 e. The van der Waals surface area contributed by atoms with Crippen LogP contribution in [0.3, 0.4) is 0 Å². The molecule has 0 unspecified atom stereocenters. The first-order valence-corrected chi connectivity index (χ1v) is 13.5. The lowest BCUT2D eigenvalue weighted by molar-refractivity contribution is 0.122. The molecule has 1 aromatic heterocycles. The van der Waals surface area contributed by atoms with Crippen molar-refractivity contribution < 1.29 is 17.9 Å². The third-order valence-electron chi connectivity index (χ3n) is 7.64. The monoisotopic (exact) mass is 539 g/mol. The van der Waals surface area contributed by atoms with Crippen molar-refractivity contribution in [2.24, 2.45) is 0 Å². The number of piperazine rings is 2. The van der Waals surface area contributed by atoms with Gasteiger partial charge >= 0.3 is 0 Å². The summed E-state index contributed by atoms with van der Waals surface area (Å²) in [4.78, 5) is 19.3. The van der Waals surface area contributed by atoms with Crippen molar-refractivity contribution in [3.05, 3.63) is 66.0 Å². The zero-order valence-electron chi connectivity index (χ0n) is 21.8. The van der Waals surface area contributed by atoms with Gasteiger partial charge in [-0.15, -0.1) is 0 Å². The summed E-state index contributed by atoms with van der Waals surface area (Å²) < 4.78 is 50.2. The average Bonchev–Trinajstić information content (AvgIpc) is 2.99. The van der Waals surface area contributed by atoms with Crippen LogP contribution in [0, 0.1) is 17.5 Å². The first kappa shape index (κ1) is 25.5. The van der Waals surface area contributed by atoms with E-state index in [-0.39, 0.29) is 23.3 Å². The fraction of sp³-hybridized carbons (Fsp3) is 0.429. The fourth-order valence-corrected chi connectivity index (χ4v) is 5.47. The molecular formula is C28H32F3N7O. The van der Waals surface area contributed by atoms with Crippen molar-refractivity contribution in [1.82, 2.24) is 9.97 Å². The van der Waals surface area contributed by atoms with Crippen molar-refractivity contribution in [2.75, 3.05) is 103 Å². The fourth-order valence-electron chi connectivity index (χ4n) is 5.47. The molecule has 3 aromatic rings. The predicted octanol–water partition coefficient (Wildman–Crippen LogP) is 3.38. The van der Waals surface area contributed by atoms with Crippen LogP contribution < -0.4 is 24.5 Å². The third-order valence-corrected chi connectivity index (χ3v) is 7.64. The predicted molar refractivity (Wildman–Crippen MR) is 147 cm³/mol. The minimum Gasteiger partial charge on any atom is -0.378 e. The number of ether oxygens (including phenoxy) is 1. The number of hydrogen-bond acceptors (Lipinski definition) is 8. The molecule has 6 rings (SSSR count). The van der Waals surface area contributed by atoms with E-state index < -0.39 is 5.82 Å². The van der Waals surface area contributed by atoms with Crippen LogP contribution in [0.25, 0.3) is 0 Å². The minimum absolute atomic E-state index is 0.240. The highest BCUT2D eigenvalue weighted by Crippen LogP contribution is 2.31. The molecule has 3 aliphatic rings. The highest BCUT2D eigenvalue weighted by molar-refractivity contribution is 5.59. The standard InChI is InChI=1S/C28H32F3N7O/c29-21-5-1-3-7-23(21)34-9-13-36(14-10-34)26-25(31)27(37-17-19-39-20-18-37)33-28(32-26)38-15-11-35(12-16-38)24-8-4-2-6-22(24)30/h1-8H,9-20H2. The van der Waals surface area contributed by atoms with Crippen LogP contribution in [-0.2, 0) is 4.74 Å². The van der Waals surface area contributed by atoms with Gasteiger partial charge in [0.1, 0.15) is 11.6 Å². The molecule has 0 atom stereocenters. The van der Waals surface area contributed by atoms with E-state index in [0.717, 1.165) is 0 Å². The molecule has 39 heavy (non-hydrogen) atoms. The highest BCUT2D eigenvalue weighted by atomic mass is 19.1. The summed E-state index contributed by atoms with van der Waals surface area (Å²) >= 11 is 0. The Balaban J connectivity index is 1.24. The molecule has 206 valence electrons. The van der Waals surface area contributed by atoms with E-state index in [4.69, 9.17) is 14.7 Å². The van der Waals surface area contributed by atoms with Crippen LogP contribution in [0.2, 0.25) is 0 Å². The topological polar surface area (TPSA) is 51.2 Å². The normalized spacial score (nSPS) is 18.6. The van der Waals surface area contributed by atoms with Crippen LogP contribution in [-0.4, -0.2) is 88.6 Å². The molecule has 3 aliphatic heterocycles. The lowest BCUT2D eigenvalue weighted by Crippen LogP contribution is -2.49. The maximum Gasteiger partial charge on any atom is 0.229 e. The van der Waals surface area contributed by atoms with Gasteiger partial charge < -0.3 is 29.2 Å². The number of benzene rings is 2. The maximum absolute atomic E-state index is 16.0. The van der Waals surface area contributed by atoms with Gasteiger partial charge in [-0.3, -0.25) is 0 Å².